The number of pyridine rings is 1. The van der Waals surface area contributed by atoms with E-state index in [2.05, 4.69) is 0 Å². The lowest BCUT2D eigenvalue weighted by atomic mass is 10.2. The molecule has 6 nitrogen and oxygen atoms in total. The molecule has 6 heteroatoms. The van der Waals surface area contributed by atoms with Crippen LogP contribution in [0.3, 0.4) is 0 Å². The van der Waals surface area contributed by atoms with Gasteiger partial charge in [0.1, 0.15) is 24.7 Å². The van der Waals surface area contributed by atoms with Gasteiger partial charge in [0.15, 0.2) is 0 Å². The number of benzene rings is 2. The summed E-state index contributed by atoms with van der Waals surface area (Å²) in [6.45, 7) is 0.127. The van der Waals surface area contributed by atoms with E-state index in [1.165, 1.54) is 10.6 Å². The first-order chi connectivity index (χ1) is 12.1. The molecular weight excluding hydrogens is 320 g/mol. The summed E-state index contributed by atoms with van der Waals surface area (Å²) in [6, 6.07) is 16.1. The minimum atomic E-state index is -0.584. The third-order valence-electron chi connectivity index (χ3n) is 3.84. The van der Waals surface area contributed by atoms with Crippen LogP contribution in [-0.4, -0.2) is 17.6 Å². The third-order valence-corrected chi connectivity index (χ3v) is 3.84. The number of primary amides is 1. The standard InChI is InChI=1S/C19H18N2O4/c1-24-15-8-5-13(6-9-15)12-25-16-4-2-3-14-7-10-18(23)21(19(14)16)11-17(20)22/h2-10H,11-12H2,1H3,(H2,20,22). The highest BCUT2D eigenvalue weighted by Gasteiger charge is 2.11. The van der Waals surface area contributed by atoms with E-state index in [0.29, 0.717) is 17.9 Å². The van der Waals surface area contributed by atoms with E-state index < -0.39 is 5.91 Å². The summed E-state index contributed by atoms with van der Waals surface area (Å²) in [7, 11) is 1.61. The number of fused-ring (bicyclic) bond motifs is 1. The van der Waals surface area contributed by atoms with E-state index in [1.54, 1.807) is 19.2 Å². The van der Waals surface area contributed by atoms with E-state index in [-0.39, 0.29) is 12.1 Å². The number of methoxy groups -OCH3 is 1. The summed E-state index contributed by atoms with van der Waals surface area (Å²) in [5.41, 5.74) is 6.49. The third kappa shape index (κ3) is 3.63. The summed E-state index contributed by atoms with van der Waals surface area (Å²) in [5.74, 6) is 0.705. The number of aromatic nitrogens is 1. The Kier molecular flexibility index (Phi) is 4.70. The maximum absolute atomic E-state index is 12.2. The first-order valence-electron chi connectivity index (χ1n) is 7.75. The molecule has 0 radical (unpaired) electrons. The Labute approximate surface area is 144 Å². The van der Waals surface area contributed by atoms with Gasteiger partial charge in [-0.15, -0.1) is 0 Å². The molecule has 128 valence electrons. The van der Waals surface area contributed by atoms with Crippen LogP contribution in [0.4, 0.5) is 0 Å². The number of carbonyl (C=O) groups is 1. The molecule has 1 amide bonds. The van der Waals surface area contributed by atoms with Crippen LogP contribution in [-0.2, 0) is 17.9 Å². The maximum Gasteiger partial charge on any atom is 0.251 e. The Morgan fingerprint density at radius 3 is 2.52 bits per heavy atom. The molecule has 0 fully saturated rings. The highest BCUT2D eigenvalue weighted by molar-refractivity contribution is 5.86. The number of amides is 1. The van der Waals surface area contributed by atoms with Crippen molar-refractivity contribution in [2.45, 2.75) is 13.2 Å². The van der Waals surface area contributed by atoms with Crippen molar-refractivity contribution in [1.82, 2.24) is 4.57 Å². The first kappa shape index (κ1) is 16.6. The fourth-order valence-electron chi connectivity index (χ4n) is 2.64. The average Bonchev–Trinajstić information content (AvgIpc) is 2.62. The number of para-hydroxylation sites is 1. The van der Waals surface area contributed by atoms with E-state index in [1.807, 2.05) is 36.4 Å². The second-order valence-electron chi connectivity index (χ2n) is 5.55. The summed E-state index contributed by atoms with van der Waals surface area (Å²) in [4.78, 5) is 23.5. The van der Waals surface area contributed by atoms with Crippen molar-refractivity contribution in [3.8, 4) is 11.5 Å². The van der Waals surface area contributed by atoms with Crippen molar-refractivity contribution in [3.05, 3.63) is 70.5 Å². The fraction of sp³-hybridized carbons (Fsp3) is 0.158. The molecule has 2 aromatic carbocycles. The molecule has 3 aromatic rings. The quantitative estimate of drug-likeness (QED) is 0.746. The van der Waals surface area contributed by atoms with Gasteiger partial charge in [0.05, 0.1) is 12.6 Å². The molecule has 0 bridgehead atoms. The van der Waals surface area contributed by atoms with Crippen LogP contribution in [0, 0.1) is 0 Å². The largest absolute Gasteiger partial charge is 0.497 e. The van der Waals surface area contributed by atoms with Crippen molar-refractivity contribution in [3.63, 3.8) is 0 Å². The van der Waals surface area contributed by atoms with Gasteiger partial charge in [-0.2, -0.15) is 0 Å². The molecule has 0 unspecified atom stereocenters. The van der Waals surface area contributed by atoms with E-state index in [4.69, 9.17) is 15.2 Å². The minimum absolute atomic E-state index is 0.195. The molecule has 0 aliphatic heterocycles. The van der Waals surface area contributed by atoms with Gasteiger partial charge >= 0.3 is 0 Å². The normalized spacial score (nSPS) is 10.6. The molecule has 1 aromatic heterocycles. The zero-order valence-electron chi connectivity index (χ0n) is 13.8. The second kappa shape index (κ2) is 7.09. The second-order valence-corrected chi connectivity index (χ2v) is 5.55. The lowest BCUT2D eigenvalue weighted by Crippen LogP contribution is -2.27. The highest BCUT2D eigenvalue weighted by Crippen LogP contribution is 2.25. The van der Waals surface area contributed by atoms with Gasteiger partial charge in [0.25, 0.3) is 5.56 Å². The van der Waals surface area contributed by atoms with Crippen LogP contribution < -0.4 is 20.8 Å². The average molecular weight is 338 g/mol. The van der Waals surface area contributed by atoms with Gasteiger partial charge < -0.3 is 15.2 Å². The summed E-state index contributed by atoms with van der Waals surface area (Å²) in [5, 5.41) is 0.799. The van der Waals surface area contributed by atoms with Crippen molar-refractivity contribution in [2.24, 2.45) is 5.73 Å². The van der Waals surface area contributed by atoms with Gasteiger partial charge in [0, 0.05) is 11.5 Å². The number of nitrogens with two attached hydrogens (primary N) is 1. The van der Waals surface area contributed by atoms with Crippen molar-refractivity contribution in [2.75, 3.05) is 7.11 Å². The topological polar surface area (TPSA) is 83.6 Å². The monoisotopic (exact) mass is 338 g/mol. The molecular formula is C19H18N2O4. The number of ether oxygens (including phenoxy) is 2. The lowest BCUT2D eigenvalue weighted by Gasteiger charge is -2.14. The van der Waals surface area contributed by atoms with E-state index >= 15 is 0 Å². The van der Waals surface area contributed by atoms with Gasteiger partial charge in [0.2, 0.25) is 5.91 Å². The molecule has 0 saturated carbocycles. The minimum Gasteiger partial charge on any atom is -0.497 e. The Morgan fingerprint density at radius 2 is 1.84 bits per heavy atom. The maximum atomic E-state index is 12.2. The van der Waals surface area contributed by atoms with Crippen LogP contribution in [0.5, 0.6) is 11.5 Å². The van der Waals surface area contributed by atoms with Crippen LogP contribution in [0.15, 0.2) is 59.4 Å². The molecule has 25 heavy (non-hydrogen) atoms. The van der Waals surface area contributed by atoms with Crippen LogP contribution in [0.25, 0.3) is 10.9 Å². The van der Waals surface area contributed by atoms with Crippen molar-refractivity contribution >= 4 is 16.8 Å². The molecule has 0 aliphatic rings. The van der Waals surface area contributed by atoms with Gasteiger partial charge in [-0.05, 0) is 29.8 Å². The van der Waals surface area contributed by atoms with Crippen molar-refractivity contribution in [1.29, 1.82) is 0 Å². The zero-order chi connectivity index (χ0) is 17.8. The Hall–Kier alpha value is -3.28. The van der Waals surface area contributed by atoms with Gasteiger partial charge in [-0.3, -0.25) is 14.2 Å². The fourth-order valence-corrected chi connectivity index (χ4v) is 2.64. The van der Waals surface area contributed by atoms with E-state index in [0.717, 1.165) is 16.7 Å². The van der Waals surface area contributed by atoms with Crippen LogP contribution >= 0.6 is 0 Å². The smallest absolute Gasteiger partial charge is 0.251 e. The van der Waals surface area contributed by atoms with Crippen LogP contribution in [0.1, 0.15) is 5.56 Å². The lowest BCUT2D eigenvalue weighted by molar-refractivity contribution is -0.118. The molecule has 0 aliphatic carbocycles. The summed E-state index contributed by atoms with van der Waals surface area (Å²) in [6.07, 6.45) is 0. The number of rotatable bonds is 6. The molecule has 3 rings (SSSR count). The predicted molar refractivity (Wildman–Crippen MR) is 94.7 cm³/mol. The van der Waals surface area contributed by atoms with Crippen LogP contribution in [0.2, 0.25) is 0 Å². The van der Waals surface area contributed by atoms with Gasteiger partial charge in [-0.25, -0.2) is 0 Å². The zero-order valence-corrected chi connectivity index (χ0v) is 13.8. The Bertz CT molecular complexity index is 961. The first-order valence-corrected chi connectivity index (χ1v) is 7.75. The van der Waals surface area contributed by atoms with Crippen molar-refractivity contribution < 1.29 is 14.3 Å². The number of carbonyl (C=O) groups excluding carboxylic acids is 1. The predicted octanol–water partition coefficient (Wildman–Crippen LogP) is 2.07. The molecule has 0 saturated heterocycles. The Morgan fingerprint density at radius 1 is 1.08 bits per heavy atom. The highest BCUT2D eigenvalue weighted by atomic mass is 16.5. The Balaban J connectivity index is 1.96. The summed E-state index contributed by atoms with van der Waals surface area (Å²) < 4.78 is 12.4. The SMILES string of the molecule is COc1ccc(COc2cccc3ccc(=O)n(CC(N)=O)c23)cc1. The number of hydrogen-bond donors (Lipinski definition) is 1. The summed E-state index contributed by atoms with van der Waals surface area (Å²) >= 11 is 0. The molecule has 2 N–H and O–H groups in total. The molecule has 1 heterocycles. The molecule has 0 spiro atoms. The van der Waals surface area contributed by atoms with Gasteiger partial charge in [-0.1, -0.05) is 24.3 Å². The number of hydrogen-bond acceptors (Lipinski definition) is 4. The number of nitrogens with zero attached hydrogens (tertiary/aromatic N) is 1. The van der Waals surface area contributed by atoms with E-state index in [9.17, 15) is 9.59 Å². The molecule has 0 atom stereocenters.